The Morgan fingerprint density at radius 1 is 1.45 bits per heavy atom. The fraction of sp³-hybridized carbons (Fsp3) is 0.600. The number of ether oxygens (including phenoxy) is 2. The second-order valence-electron chi connectivity index (χ2n) is 6.56. The van der Waals surface area contributed by atoms with Crippen molar-refractivity contribution < 1.29 is 14.3 Å². The molecule has 6 nitrogen and oxygen atoms in total. The average molecular weight is 370 g/mol. The van der Waals surface area contributed by atoms with Crippen LogP contribution in [0, 0.1) is 0 Å². The third-order valence-electron chi connectivity index (χ3n) is 3.64. The number of carbonyl (C=O) groups is 1. The van der Waals surface area contributed by atoms with Crippen molar-refractivity contribution in [3.05, 3.63) is 16.7 Å². The van der Waals surface area contributed by atoms with Crippen molar-refractivity contribution in [3.8, 4) is 5.75 Å². The Hall–Kier alpha value is -1.50. The first kappa shape index (κ1) is 15.4. The van der Waals surface area contributed by atoms with Gasteiger partial charge in [0, 0.05) is 30.3 Å². The maximum absolute atomic E-state index is 12.2. The van der Waals surface area contributed by atoms with Crippen LogP contribution in [0.5, 0.6) is 5.75 Å². The van der Waals surface area contributed by atoms with Crippen molar-refractivity contribution in [2.24, 2.45) is 0 Å². The average Bonchev–Trinajstić information content (AvgIpc) is 2.44. The van der Waals surface area contributed by atoms with Crippen molar-refractivity contribution in [2.45, 2.75) is 32.4 Å². The van der Waals surface area contributed by atoms with E-state index in [1.807, 2.05) is 26.8 Å². The molecule has 22 heavy (non-hydrogen) atoms. The molecule has 0 N–H and O–H groups in total. The van der Waals surface area contributed by atoms with Crippen molar-refractivity contribution in [1.82, 2.24) is 9.88 Å². The van der Waals surface area contributed by atoms with E-state index in [-0.39, 0.29) is 12.1 Å². The molecule has 2 aliphatic heterocycles. The first-order chi connectivity index (χ1) is 10.3. The van der Waals surface area contributed by atoms with Gasteiger partial charge in [-0.2, -0.15) is 0 Å². The predicted octanol–water partition coefficient (Wildman–Crippen LogP) is 2.66. The SMILES string of the molecule is CC(C)(C)OC(=O)N1CCN2c3ncc(Br)cc3OCC2C1. The van der Waals surface area contributed by atoms with E-state index in [0.29, 0.717) is 19.7 Å². The largest absolute Gasteiger partial charge is 0.487 e. The highest BCUT2D eigenvalue weighted by atomic mass is 79.9. The summed E-state index contributed by atoms with van der Waals surface area (Å²) in [6.07, 6.45) is 1.51. The van der Waals surface area contributed by atoms with E-state index in [0.717, 1.165) is 22.6 Å². The lowest BCUT2D eigenvalue weighted by Gasteiger charge is -2.44. The molecule has 1 unspecified atom stereocenters. The summed E-state index contributed by atoms with van der Waals surface area (Å²) in [5, 5.41) is 0. The summed E-state index contributed by atoms with van der Waals surface area (Å²) in [4.78, 5) is 20.6. The summed E-state index contributed by atoms with van der Waals surface area (Å²) >= 11 is 3.40. The third-order valence-corrected chi connectivity index (χ3v) is 4.07. The Bertz CT molecular complexity index is 588. The number of hydrogen-bond donors (Lipinski definition) is 0. The van der Waals surface area contributed by atoms with Gasteiger partial charge in [-0.3, -0.25) is 0 Å². The van der Waals surface area contributed by atoms with Gasteiger partial charge in [0.25, 0.3) is 0 Å². The van der Waals surface area contributed by atoms with E-state index >= 15 is 0 Å². The highest BCUT2D eigenvalue weighted by molar-refractivity contribution is 9.10. The number of carbonyl (C=O) groups excluding carboxylic acids is 1. The van der Waals surface area contributed by atoms with Gasteiger partial charge in [-0.1, -0.05) is 0 Å². The number of amides is 1. The summed E-state index contributed by atoms with van der Waals surface area (Å²) in [6, 6.07) is 2.04. The Labute approximate surface area is 138 Å². The molecule has 0 aromatic carbocycles. The fourth-order valence-electron chi connectivity index (χ4n) is 2.69. The van der Waals surface area contributed by atoms with E-state index in [4.69, 9.17) is 9.47 Å². The van der Waals surface area contributed by atoms with Crippen molar-refractivity contribution in [2.75, 3.05) is 31.1 Å². The zero-order chi connectivity index (χ0) is 15.9. The maximum Gasteiger partial charge on any atom is 0.410 e. The molecule has 3 rings (SSSR count). The van der Waals surface area contributed by atoms with Gasteiger partial charge < -0.3 is 19.3 Å². The Morgan fingerprint density at radius 2 is 2.23 bits per heavy atom. The van der Waals surface area contributed by atoms with E-state index < -0.39 is 5.60 Å². The molecule has 1 amide bonds. The number of halogens is 1. The molecule has 120 valence electrons. The van der Waals surface area contributed by atoms with Gasteiger partial charge in [0.2, 0.25) is 0 Å². The van der Waals surface area contributed by atoms with Crippen LogP contribution in [0.3, 0.4) is 0 Å². The van der Waals surface area contributed by atoms with Crippen LogP contribution in [-0.2, 0) is 4.74 Å². The van der Waals surface area contributed by atoms with Gasteiger partial charge in [0.1, 0.15) is 12.2 Å². The van der Waals surface area contributed by atoms with Gasteiger partial charge in [-0.25, -0.2) is 9.78 Å². The van der Waals surface area contributed by atoms with Crippen LogP contribution < -0.4 is 9.64 Å². The number of nitrogens with zero attached hydrogens (tertiary/aromatic N) is 3. The van der Waals surface area contributed by atoms with Gasteiger partial charge in [-0.05, 0) is 42.8 Å². The van der Waals surface area contributed by atoms with Crippen LogP contribution >= 0.6 is 15.9 Å². The minimum Gasteiger partial charge on any atom is -0.487 e. The molecule has 1 saturated heterocycles. The number of aromatic nitrogens is 1. The standard InChI is InChI=1S/C15H20BrN3O3/c1-15(2,3)22-14(20)18-4-5-19-11(8-18)9-21-12-6-10(16)7-17-13(12)19/h6-7,11H,4-5,8-9H2,1-3H3. The summed E-state index contributed by atoms with van der Waals surface area (Å²) in [5.41, 5.74) is -0.474. The topological polar surface area (TPSA) is 54.9 Å². The smallest absolute Gasteiger partial charge is 0.410 e. The van der Waals surface area contributed by atoms with Crippen LogP contribution in [0.2, 0.25) is 0 Å². The molecule has 1 aromatic rings. The molecule has 0 saturated carbocycles. The second kappa shape index (κ2) is 5.61. The van der Waals surface area contributed by atoms with Crippen molar-refractivity contribution in [1.29, 1.82) is 0 Å². The zero-order valence-electron chi connectivity index (χ0n) is 13.0. The molecule has 3 heterocycles. The molecule has 1 fully saturated rings. The monoisotopic (exact) mass is 369 g/mol. The Balaban J connectivity index is 1.71. The lowest BCUT2D eigenvalue weighted by atomic mass is 10.1. The number of pyridine rings is 1. The normalized spacial score (nSPS) is 20.8. The summed E-state index contributed by atoms with van der Waals surface area (Å²) < 4.78 is 12.1. The van der Waals surface area contributed by atoms with Gasteiger partial charge >= 0.3 is 6.09 Å². The van der Waals surface area contributed by atoms with Gasteiger partial charge in [0.15, 0.2) is 11.6 Å². The number of piperazine rings is 1. The van der Waals surface area contributed by atoms with E-state index in [2.05, 4.69) is 25.8 Å². The highest BCUT2D eigenvalue weighted by Crippen LogP contribution is 2.35. The maximum atomic E-state index is 12.2. The van der Waals surface area contributed by atoms with Crippen LogP contribution in [0.15, 0.2) is 16.7 Å². The van der Waals surface area contributed by atoms with Crippen LogP contribution in [0.25, 0.3) is 0 Å². The van der Waals surface area contributed by atoms with Crippen LogP contribution in [0.4, 0.5) is 10.6 Å². The first-order valence-corrected chi connectivity index (χ1v) is 8.16. The van der Waals surface area contributed by atoms with Crippen LogP contribution in [-0.4, -0.2) is 53.9 Å². The lowest BCUT2D eigenvalue weighted by Crippen LogP contribution is -2.59. The van der Waals surface area contributed by atoms with E-state index in [9.17, 15) is 4.79 Å². The number of anilines is 1. The summed E-state index contributed by atoms with van der Waals surface area (Å²) in [6.45, 7) is 8.13. The minimum absolute atomic E-state index is 0.113. The molecule has 2 aliphatic rings. The zero-order valence-corrected chi connectivity index (χ0v) is 14.6. The number of fused-ring (bicyclic) bond motifs is 3. The van der Waals surface area contributed by atoms with Crippen LogP contribution in [0.1, 0.15) is 20.8 Å². The molecule has 7 heteroatoms. The summed E-state index contributed by atoms with van der Waals surface area (Å²) in [5.74, 6) is 1.64. The number of rotatable bonds is 0. The lowest BCUT2D eigenvalue weighted by molar-refractivity contribution is 0.0194. The van der Waals surface area contributed by atoms with Gasteiger partial charge in [0.05, 0.1) is 6.04 Å². The third kappa shape index (κ3) is 3.14. The molecule has 1 aromatic heterocycles. The summed E-state index contributed by atoms with van der Waals surface area (Å²) in [7, 11) is 0. The molecular weight excluding hydrogens is 350 g/mol. The van der Waals surface area contributed by atoms with E-state index in [1.165, 1.54) is 0 Å². The second-order valence-corrected chi connectivity index (χ2v) is 7.48. The van der Waals surface area contributed by atoms with Crippen molar-refractivity contribution >= 4 is 27.8 Å². The molecule has 1 atom stereocenters. The van der Waals surface area contributed by atoms with Crippen molar-refractivity contribution in [3.63, 3.8) is 0 Å². The Morgan fingerprint density at radius 3 is 2.95 bits per heavy atom. The van der Waals surface area contributed by atoms with Gasteiger partial charge in [-0.15, -0.1) is 0 Å². The molecule has 0 aliphatic carbocycles. The molecule has 0 spiro atoms. The molecule has 0 radical (unpaired) electrons. The fourth-order valence-corrected chi connectivity index (χ4v) is 3.00. The number of hydrogen-bond acceptors (Lipinski definition) is 5. The highest BCUT2D eigenvalue weighted by Gasteiger charge is 2.36. The first-order valence-electron chi connectivity index (χ1n) is 7.36. The minimum atomic E-state index is -0.474. The molecular formula is C15H20BrN3O3. The quantitative estimate of drug-likeness (QED) is 0.703. The van der Waals surface area contributed by atoms with E-state index in [1.54, 1.807) is 11.1 Å². The predicted molar refractivity (Wildman–Crippen MR) is 86.4 cm³/mol. The molecule has 0 bridgehead atoms. The Kier molecular flexibility index (Phi) is 3.92.